The van der Waals surface area contributed by atoms with Crippen LogP contribution in [0.3, 0.4) is 0 Å². The predicted molar refractivity (Wildman–Crippen MR) is 84.2 cm³/mol. The van der Waals surface area contributed by atoms with Crippen LogP contribution in [0.5, 0.6) is 0 Å². The molecule has 0 saturated carbocycles. The predicted octanol–water partition coefficient (Wildman–Crippen LogP) is 3.04. The summed E-state index contributed by atoms with van der Waals surface area (Å²) in [7, 11) is 0. The van der Waals surface area contributed by atoms with Crippen molar-refractivity contribution in [3.8, 4) is 0 Å². The second kappa shape index (κ2) is 7.77. The molecule has 8 heteroatoms. The average molecular weight is 350 g/mol. The van der Waals surface area contributed by atoms with Crippen LogP contribution in [-0.2, 0) is 38.9 Å². The summed E-state index contributed by atoms with van der Waals surface area (Å²) in [5.74, 6) is -1.87. The van der Waals surface area contributed by atoms with Gasteiger partial charge in [-0.3, -0.25) is 0 Å². The van der Waals surface area contributed by atoms with Crippen LogP contribution < -0.4 is 0 Å². The molecule has 0 aromatic rings. The minimum Gasteiger partial charge on any atom is -0.244 e. The van der Waals surface area contributed by atoms with Crippen LogP contribution in [0.1, 0.15) is 69.2 Å². The average Bonchev–Trinajstić information content (AvgIpc) is 2.38. The van der Waals surface area contributed by atoms with E-state index in [2.05, 4.69) is 9.78 Å². The third kappa shape index (κ3) is 9.17. The summed E-state index contributed by atoms with van der Waals surface area (Å²) >= 11 is 0. The zero-order valence-electron chi connectivity index (χ0n) is 16.3. The highest BCUT2D eigenvalue weighted by Crippen LogP contribution is 2.20. The van der Waals surface area contributed by atoms with E-state index < -0.39 is 34.3 Å². The zero-order valence-corrected chi connectivity index (χ0v) is 16.3. The van der Waals surface area contributed by atoms with Crippen LogP contribution in [0.4, 0.5) is 0 Å². The molecule has 0 amide bonds. The maximum Gasteiger partial charge on any atom is 0.389 e. The lowest BCUT2D eigenvalue weighted by Crippen LogP contribution is -2.43. The van der Waals surface area contributed by atoms with Gasteiger partial charge in [-0.05, 0) is 69.2 Å². The molecule has 0 rings (SSSR count). The Kier molecular flexibility index (Phi) is 7.38. The van der Waals surface area contributed by atoms with Crippen LogP contribution >= 0.6 is 0 Å². The number of rotatable bonds is 6. The summed E-state index contributed by atoms with van der Waals surface area (Å²) in [4.78, 5) is 53.2. The second-order valence-electron chi connectivity index (χ2n) is 8.32. The molecule has 24 heavy (non-hydrogen) atoms. The molecular formula is C16H30O8. The van der Waals surface area contributed by atoms with Crippen LogP contribution in [0.15, 0.2) is 0 Å². The Hall–Kier alpha value is -1.22. The normalized spacial score (nSPS) is 13.6. The fraction of sp³-hybridized carbons (Fsp3) is 0.875. The Morgan fingerprint density at radius 3 is 0.958 bits per heavy atom. The molecule has 0 aromatic heterocycles. The molecule has 0 N–H and O–H groups in total. The summed E-state index contributed by atoms with van der Waals surface area (Å²) in [6.07, 6.45) is 0. The van der Waals surface area contributed by atoms with Crippen LogP contribution in [0.2, 0.25) is 0 Å². The quantitative estimate of drug-likeness (QED) is 0.533. The van der Waals surface area contributed by atoms with Gasteiger partial charge in [-0.25, -0.2) is 38.9 Å². The summed E-state index contributed by atoms with van der Waals surface area (Å²) in [5, 5.41) is 0. The highest BCUT2D eigenvalue weighted by Gasteiger charge is 2.39. The van der Waals surface area contributed by atoms with Gasteiger partial charge in [0.25, 0.3) is 0 Å². The van der Waals surface area contributed by atoms with Crippen molar-refractivity contribution in [2.24, 2.45) is 0 Å². The Bertz CT molecular complexity index is 398. The number of hydrogen-bond acceptors (Lipinski definition) is 8. The van der Waals surface area contributed by atoms with Crippen molar-refractivity contribution in [3.63, 3.8) is 0 Å². The van der Waals surface area contributed by atoms with E-state index in [1.807, 2.05) is 0 Å². The second-order valence-corrected chi connectivity index (χ2v) is 8.32. The first kappa shape index (κ1) is 22.8. The first-order valence-corrected chi connectivity index (χ1v) is 7.63. The smallest absolute Gasteiger partial charge is 0.244 e. The van der Waals surface area contributed by atoms with E-state index in [4.69, 9.17) is 19.6 Å². The number of carbonyl (C=O) groups excluding carboxylic acids is 2. The topological polar surface area (TPSA) is 89.5 Å². The monoisotopic (exact) mass is 350 g/mol. The molecular weight excluding hydrogens is 320 g/mol. The first-order valence-electron chi connectivity index (χ1n) is 7.63. The molecule has 0 fully saturated rings. The van der Waals surface area contributed by atoms with E-state index in [0.29, 0.717) is 0 Å². The standard InChI is InChI=1S/C16H30O8/c1-13(2,3)21-23-15(7,8)11(17)19-20-12(18)16(9,10)24-22-14(4,5)6/h1-10H3. The van der Waals surface area contributed by atoms with Crippen molar-refractivity contribution in [2.75, 3.05) is 0 Å². The molecule has 0 bridgehead atoms. The largest absolute Gasteiger partial charge is 0.389 e. The zero-order chi connectivity index (χ0) is 19.4. The van der Waals surface area contributed by atoms with Gasteiger partial charge in [0.05, 0.1) is 11.2 Å². The minimum atomic E-state index is -1.47. The van der Waals surface area contributed by atoms with Crippen LogP contribution in [-0.4, -0.2) is 34.3 Å². The Balaban J connectivity index is 4.54. The molecule has 0 aliphatic carbocycles. The van der Waals surface area contributed by atoms with Gasteiger partial charge < -0.3 is 0 Å². The van der Waals surface area contributed by atoms with Gasteiger partial charge in [0, 0.05) is 0 Å². The first-order chi connectivity index (χ1) is 10.5. The molecule has 0 atom stereocenters. The Morgan fingerprint density at radius 1 is 0.500 bits per heavy atom. The van der Waals surface area contributed by atoms with Gasteiger partial charge in [0.15, 0.2) is 11.2 Å². The van der Waals surface area contributed by atoms with Gasteiger partial charge in [-0.2, -0.15) is 0 Å². The van der Waals surface area contributed by atoms with E-state index in [9.17, 15) is 9.59 Å². The third-order valence-electron chi connectivity index (χ3n) is 2.18. The van der Waals surface area contributed by atoms with Crippen molar-refractivity contribution in [1.82, 2.24) is 0 Å². The summed E-state index contributed by atoms with van der Waals surface area (Å²) in [6.45, 7) is 16.2. The van der Waals surface area contributed by atoms with Crippen molar-refractivity contribution >= 4 is 11.9 Å². The fourth-order valence-corrected chi connectivity index (χ4v) is 0.803. The molecule has 0 saturated heterocycles. The highest BCUT2D eigenvalue weighted by molar-refractivity contribution is 5.81. The number of carbonyl (C=O) groups is 2. The fourth-order valence-electron chi connectivity index (χ4n) is 0.803. The van der Waals surface area contributed by atoms with Crippen LogP contribution in [0, 0.1) is 0 Å². The maximum absolute atomic E-state index is 12.0. The highest BCUT2D eigenvalue weighted by atomic mass is 17.3. The Labute approximate surface area is 143 Å². The molecule has 0 spiro atoms. The van der Waals surface area contributed by atoms with Gasteiger partial charge >= 0.3 is 11.9 Å². The molecule has 0 aliphatic rings. The molecule has 142 valence electrons. The van der Waals surface area contributed by atoms with Crippen molar-refractivity contribution in [3.05, 3.63) is 0 Å². The van der Waals surface area contributed by atoms with Gasteiger partial charge in [-0.15, -0.1) is 0 Å². The lowest BCUT2D eigenvalue weighted by atomic mass is 10.1. The van der Waals surface area contributed by atoms with E-state index in [1.165, 1.54) is 27.7 Å². The van der Waals surface area contributed by atoms with Gasteiger partial charge in [-0.1, -0.05) is 0 Å². The summed E-state index contributed by atoms with van der Waals surface area (Å²) < 4.78 is 0. The Morgan fingerprint density at radius 2 is 0.750 bits per heavy atom. The van der Waals surface area contributed by atoms with E-state index in [0.717, 1.165) is 0 Å². The SMILES string of the molecule is CC(C)(C)OOC(C)(C)C(=O)OOC(=O)C(C)(C)OOC(C)(C)C. The van der Waals surface area contributed by atoms with Gasteiger partial charge in [0.1, 0.15) is 0 Å². The molecule has 0 heterocycles. The van der Waals surface area contributed by atoms with Crippen LogP contribution in [0.25, 0.3) is 0 Å². The third-order valence-corrected chi connectivity index (χ3v) is 2.18. The summed E-state index contributed by atoms with van der Waals surface area (Å²) in [6, 6.07) is 0. The molecule has 0 unspecified atom stereocenters. The minimum absolute atomic E-state index is 0.617. The van der Waals surface area contributed by atoms with Crippen molar-refractivity contribution in [1.29, 1.82) is 0 Å². The lowest BCUT2D eigenvalue weighted by Gasteiger charge is -2.27. The molecule has 8 nitrogen and oxygen atoms in total. The van der Waals surface area contributed by atoms with Crippen molar-refractivity contribution < 1.29 is 38.9 Å². The molecule has 0 radical (unpaired) electrons. The lowest BCUT2D eigenvalue weighted by molar-refractivity contribution is -0.404. The molecule has 0 aliphatic heterocycles. The molecule has 0 aromatic carbocycles. The summed E-state index contributed by atoms with van der Waals surface area (Å²) in [5.41, 5.74) is -4.18. The van der Waals surface area contributed by atoms with E-state index in [-0.39, 0.29) is 0 Å². The van der Waals surface area contributed by atoms with E-state index >= 15 is 0 Å². The van der Waals surface area contributed by atoms with E-state index in [1.54, 1.807) is 41.5 Å². The van der Waals surface area contributed by atoms with Crippen molar-refractivity contribution in [2.45, 2.75) is 91.6 Å². The van der Waals surface area contributed by atoms with Gasteiger partial charge in [0.2, 0.25) is 0 Å². The number of hydrogen-bond donors (Lipinski definition) is 0. The maximum atomic E-state index is 12.0.